The number of unbranched alkanes of at least 4 members (excludes halogenated alkanes) is 2. The van der Waals surface area contributed by atoms with Gasteiger partial charge in [0.15, 0.2) is 0 Å². The van der Waals surface area contributed by atoms with Gasteiger partial charge in [0.25, 0.3) is 0 Å². The predicted molar refractivity (Wildman–Crippen MR) is 34.6 cm³/mol. The van der Waals surface area contributed by atoms with Gasteiger partial charge < -0.3 is 0 Å². The maximum atomic E-state index is 3.64. The number of hydrogen-bond donors (Lipinski definition) is 0. The van der Waals surface area contributed by atoms with Gasteiger partial charge in [0.2, 0.25) is 0 Å². The molecule has 0 bridgehead atoms. The summed E-state index contributed by atoms with van der Waals surface area (Å²) in [5.74, 6) is 0. The van der Waals surface area contributed by atoms with Crippen LogP contribution < -0.4 is 0 Å². The van der Waals surface area contributed by atoms with Crippen LogP contribution in [0.15, 0.2) is 12.7 Å². The topological polar surface area (TPSA) is 0 Å². The molecule has 0 fully saturated rings. The first kappa shape index (κ1) is 7.54. The Morgan fingerprint density at radius 1 is 1.43 bits per heavy atom. The summed E-state index contributed by atoms with van der Waals surface area (Å²) in [4.78, 5) is 0. The molecule has 0 amide bonds. The molecule has 0 aromatic rings. The van der Waals surface area contributed by atoms with E-state index >= 15 is 0 Å². The zero-order valence-corrected chi connectivity index (χ0v) is 7.47. The van der Waals surface area contributed by atoms with Gasteiger partial charge >= 0.3 is 58.9 Å². The van der Waals surface area contributed by atoms with Crippen LogP contribution in [0.3, 0.4) is 0 Å². The second-order valence-electron chi connectivity index (χ2n) is 1.53. The Hall–Kier alpha value is 0.539. The van der Waals surface area contributed by atoms with E-state index in [1.165, 1.54) is 23.7 Å². The van der Waals surface area contributed by atoms with Crippen molar-refractivity contribution in [2.75, 3.05) is 0 Å². The Morgan fingerprint density at radius 3 is 2.57 bits per heavy atom. The summed E-state index contributed by atoms with van der Waals surface area (Å²) in [7, 11) is 0. The van der Waals surface area contributed by atoms with Crippen molar-refractivity contribution in [1.29, 1.82) is 0 Å². The Kier molecular flexibility index (Phi) is 7.04. The van der Waals surface area contributed by atoms with Gasteiger partial charge in [-0.3, -0.25) is 0 Å². The molecule has 0 unspecified atom stereocenters. The molecule has 0 saturated heterocycles. The minimum atomic E-state index is 1.20. The third kappa shape index (κ3) is 6.54. The normalized spacial score (nSPS) is 8.71. The molecule has 0 aromatic carbocycles. The van der Waals surface area contributed by atoms with E-state index in [0.717, 1.165) is 0 Å². The predicted octanol–water partition coefficient (Wildman–Crippen LogP) is 1.93. The Labute approximate surface area is 59.1 Å². The van der Waals surface area contributed by atoms with Crippen molar-refractivity contribution in [2.24, 2.45) is 0 Å². The Morgan fingerprint density at radius 2 is 2.14 bits per heavy atom. The van der Waals surface area contributed by atoms with E-state index in [9.17, 15) is 0 Å². The molecular weight excluding hydrogens is 191 g/mol. The van der Waals surface area contributed by atoms with E-state index in [1.54, 1.807) is 22.5 Å². The molecule has 0 aliphatic heterocycles. The molecule has 0 aliphatic rings. The summed E-state index contributed by atoms with van der Waals surface area (Å²) in [6.45, 7) is 3.64. The molecule has 0 aromatic heterocycles. The fourth-order valence-electron chi connectivity index (χ4n) is 0.414. The molecule has 0 nitrogen and oxygen atoms in total. The van der Waals surface area contributed by atoms with Crippen LogP contribution >= 0.6 is 0 Å². The van der Waals surface area contributed by atoms with Crippen molar-refractivity contribution in [1.82, 2.24) is 0 Å². The van der Waals surface area contributed by atoms with E-state index in [0.29, 0.717) is 0 Å². The van der Waals surface area contributed by atoms with Crippen molar-refractivity contribution in [2.45, 2.75) is 23.7 Å². The summed E-state index contributed by atoms with van der Waals surface area (Å²) >= 11 is 1.67. The third-order valence-electron chi connectivity index (χ3n) is 0.835. The third-order valence-corrected chi connectivity index (χ3v) is 1.84. The Balaban J connectivity index is 2.56. The summed E-state index contributed by atoms with van der Waals surface area (Å²) < 4.78 is 1.40. The van der Waals surface area contributed by atoms with Gasteiger partial charge in [0, 0.05) is 0 Å². The van der Waals surface area contributed by atoms with Crippen LogP contribution in [-0.4, -0.2) is 22.5 Å². The van der Waals surface area contributed by atoms with Crippen molar-refractivity contribution in [3.8, 4) is 0 Å². The second-order valence-corrected chi connectivity index (χ2v) is 2.96. The quantitative estimate of drug-likeness (QED) is 0.371. The average molecular weight is 202 g/mol. The first-order valence-electron chi connectivity index (χ1n) is 2.67. The molecule has 1 heteroatoms. The molecule has 0 atom stereocenters. The molecule has 0 rings (SSSR count). The standard InChI is InChI=1S/C6H11.Sn/c1-3-5-6-4-2;/h3H,1-2,4-6H2;. The zero-order valence-electron chi connectivity index (χ0n) is 4.61. The monoisotopic (exact) mass is 203 g/mol. The molecular formula is C6H11Sn. The van der Waals surface area contributed by atoms with Gasteiger partial charge in [-0.1, -0.05) is 0 Å². The summed E-state index contributed by atoms with van der Waals surface area (Å²) in [5, 5.41) is 0. The van der Waals surface area contributed by atoms with Crippen molar-refractivity contribution in [3.05, 3.63) is 12.7 Å². The van der Waals surface area contributed by atoms with Gasteiger partial charge in [-0.25, -0.2) is 0 Å². The number of hydrogen-bond acceptors (Lipinski definition) is 0. The summed E-state index contributed by atoms with van der Waals surface area (Å²) in [6.07, 6.45) is 5.93. The fraction of sp³-hybridized carbons (Fsp3) is 0.667. The van der Waals surface area contributed by atoms with Crippen molar-refractivity contribution >= 4 is 22.5 Å². The number of allylic oxidation sites excluding steroid dienone is 1. The molecule has 0 N–H and O–H groups in total. The maximum absolute atomic E-state index is 3.64. The van der Waals surface area contributed by atoms with Crippen LogP contribution in [0.25, 0.3) is 0 Å². The average Bonchev–Trinajstić information content (AvgIpc) is 1.69. The van der Waals surface area contributed by atoms with Gasteiger partial charge in [0.1, 0.15) is 0 Å². The summed E-state index contributed by atoms with van der Waals surface area (Å²) in [5.41, 5.74) is 0. The summed E-state index contributed by atoms with van der Waals surface area (Å²) in [6, 6.07) is 0. The molecule has 7 heavy (non-hydrogen) atoms. The van der Waals surface area contributed by atoms with Gasteiger partial charge in [0.05, 0.1) is 0 Å². The molecule has 0 aliphatic carbocycles. The van der Waals surface area contributed by atoms with Gasteiger partial charge in [-0.2, -0.15) is 0 Å². The van der Waals surface area contributed by atoms with Crippen LogP contribution in [0.4, 0.5) is 0 Å². The van der Waals surface area contributed by atoms with Crippen molar-refractivity contribution < 1.29 is 0 Å². The zero-order chi connectivity index (χ0) is 5.54. The molecule has 3 radical (unpaired) electrons. The van der Waals surface area contributed by atoms with Crippen LogP contribution in [0.1, 0.15) is 19.3 Å². The first-order valence-corrected chi connectivity index (χ1v) is 4.69. The fourth-order valence-corrected chi connectivity index (χ4v) is 1.13. The van der Waals surface area contributed by atoms with Gasteiger partial charge in [-0.05, 0) is 0 Å². The van der Waals surface area contributed by atoms with Crippen LogP contribution in [-0.2, 0) is 0 Å². The van der Waals surface area contributed by atoms with E-state index in [1.807, 2.05) is 6.08 Å². The van der Waals surface area contributed by atoms with E-state index in [2.05, 4.69) is 6.58 Å². The SMILES string of the molecule is C=CCCC[CH2][Sn]. The van der Waals surface area contributed by atoms with Crippen LogP contribution in [0.5, 0.6) is 0 Å². The molecule has 0 saturated carbocycles. The molecule has 0 spiro atoms. The van der Waals surface area contributed by atoms with Crippen molar-refractivity contribution in [3.63, 3.8) is 0 Å². The first-order chi connectivity index (χ1) is 3.41. The molecule has 39 valence electrons. The van der Waals surface area contributed by atoms with E-state index in [4.69, 9.17) is 0 Å². The second kappa shape index (κ2) is 6.54. The Bertz CT molecular complexity index is 41.4. The molecule has 0 heterocycles. The minimum absolute atomic E-state index is 1.20. The van der Waals surface area contributed by atoms with Crippen LogP contribution in [0.2, 0.25) is 4.44 Å². The van der Waals surface area contributed by atoms with Gasteiger partial charge in [-0.15, -0.1) is 0 Å². The van der Waals surface area contributed by atoms with E-state index < -0.39 is 0 Å². The number of rotatable bonds is 4. The van der Waals surface area contributed by atoms with E-state index in [-0.39, 0.29) is 0 Å². The van der Waals surface area contributed by atoms with Crippen LogP contribution in [0, 0.1) is 0 Å².